The average Bonchev–Trinajstić information content (AvgIpc) is 2.91. The summed E-state index contributed by atoms with van der Waals surface area (Å²) in [4.78, 5) is 57.5. The lowest BCUT2D eigenvalue weighted by Crippen LogP contribution is -2.63. The van der Waals surface area contributed by atoms with Crippen LogP contribution in [-0.2, 0) is 29.3 Å². The van der Waals surface area contributed by atoms with Gasteiger partial charge in [0.05, 0.1) is 12.6 Å². The summed E-state index contributed by atoms with van der Waals surface area (Å²) in [5, 5.41) is 3.05. The molecule has 0 radical (unpaired) electrons. The molecule has 44 heavy (non-hydrogen) atoms. The van der Waals surface area contributed by atoms with Crippen molar-refractivity contribution >= 4 is 23.9 Å². The van der Waals surface area contributed by atoms with E-state index in [1.807, 2.05) is 78.8 Å². The van der Waals surface area contributed by atoms with Gasteiger partial charge in [-0.05, 0) is 58.9 Å². The number of ether oxygens (including phenoxy) is 2. The molecule has 3 atom stereocenters. The fourth-order valence-corrected chi connectivity index (χ4v) is 5.27. The van der Waals surface area contributed by atoms with Crippen LogP contribution >= 0.6 is 0 Å². The van der Waals surface area contributed by atoms with Crippen molar-refractivity contribution in [2.45, 2.75) is 125 Å². The Labute approximate surface area is 265 Å². The van der Waals surface area contributed by atoms with Crippen LogP contribution in [0.1, 0.15) is 101 Å². The molecule has 1 rings (SSSR count). The third kappa shape index (κ3) is 10.7. The van der Waals surface area contributed by atoms with Crippen LogP contribution in [0.15, 0.2) is 42.0 Å². The first-order valence-corrected chi connectivity index (χ1v) is 15.7. The molecule has 3 amide bonds. The van der Waals surface area contributed by atoms with Gasteiger partial charge >= 0.3 is 12.1 Å². The fraction of sp³-hybridized carbons (Fsp3) is 0.657. The van der Waals surface area contributed by atoms with Gasteiger partial charge in [0, 0.05) is 24.6 Å². The molecule has 0 aromatic heterocycles. The highest BCUT2D eigenvalue weighted by molar-refractivity contribution is 5.93. The zero-order valence-corrected chi connectivity index (χ0v) is 29.4. The van der Waals surface area contributed by atoms with Crippen LogP contribution < -0.4 is 5.32 Å². The van der Waals surface area contributed by atoms with E-state index in [4.69, 9.17) is 9.47 Å². The largest absolute Gasteiger partial charge is 0.463 e. The van der Waals surface area contributed by atoms with Crippen molar-refractivity contribution in [1.82, 2.24) is 15.1 Å². The average molecular weight is 616 g/mol. The molecule has 248 valence electrons. The number of carbonyl (C=O) groups excluding carboxylic acids is 4. The van der Waals surface area contributed by atoms with Crippen LogP contribution in [0.4, 0.5) is 4.79 Å². The Morgan fingerprint density at radius 3 is 1.95 bits per heavy atom. The molecule has 9 heteroatoms. The van der Waals surface area contributed by atoms with Crippen LogP contribution in [0.25, 0.3) is 0 Å². The lowest BCUT2D eigenvalue weighted by atomic mass is 9.76. The predicted molar refractivity (Wildman–Crippen MR) is 175 cm³/mol. The third-order valence-corrected chi connectivity index (χ3v) is 7.57. The van der Waals surface area contributed by atoms with Crippen LogP contribution in [0.5, 0.6) is 0 Å². The van der Waals surface area contributed by atoms with Crippen molar-refractivity contribution in [1.29, 1.82) is 0 Å². The summed E-state index contributed by atoms with van der Waals surface area (Å²) in [5.41, 5.74) is -1.01. The highest BCUT2D eigenvalue weighted by atomic mass is 16.6. The number of rotatable bonds is 13. The van der Waals surface area contributed by atoms with E-state index in [2.05, 4.69) is 5.32 Å². The van der Waals surface area contributed by atoms with Crippen molar-refractivity contribution in [2.24, 2.45) is 5.41 Å². The Morgan fingerprint density at radius 2 is 1.50 bits per heavy atom. The molecule has 1 N–H and O–H groups in total. The van der Waals surface area contributed by atoms with Crippen molar-refractivity contribution < 1.29 is 28.7 Å². The first-order valence-electron chi connectivity index (χ1n) is 15.7. The molecular formula is C35H57N3O6. The molecule has 0 spiro atoms. The minimum Gasteiger partial charge on any atom is -0.463 e. The van der Waals surface area contributed by atoms with Crippen molar-refractivity contribution in [3.8, 4) is 0 Å². The molecular weight excluding hydrogens is 558 g/mol. The van der Waals surface area contributed by atoms with Crippen molar-refractivity contribution in [3.05, 3.63) is 47.5 Å². The zero-order valence-electron chi connectivity index (χ0n) is 29.4. The van der Waals surface area contributed by atoms with E-state index in [1.54, 1.807) is 52.6 Å². The Kier molecular flexibility index (Phi) is 14.1. The maximum atomic E-state index is 14.4. The number of nitrogens with zero attached hydrogens (tertiary/aromatic N) is 2. The van der Waals surface area contributed by atoms with Gasteiger partial charge in [-0.2, -0.15) is 0 Å². The number of nitrogens with one attached hydrogen (secondary N) is 1. The Morgan fingerprint density at radius 1 is 0.932 bits per heavy atom. The topological polar surface area (TPSA) is 105 Å². The van der Waals surface area contributed by atoms with E-state index in [0.29, 0.717) is 18.5 Å². The number of amides is 3. The summed E-state index contributed by atoms with van der Waals surface area (Å²) in [5.74, 6) is -1.16. The van der Waals surface area contributed by atoms with Gasteiger partial charge in [0.2, 0.25) is 11.8 Å². The SMILES string of the molecule is CCC[C@@H](C=C(C)C(=O)OCC)N(CC)C(=O)[C@@H](NC(=O)C(N(C)C(=O)OC(C)(C)C)C(C)(C)c1ccccc1)C(C)(C)C. The predicted octanol–water partition coefficient (Wildman–Crippen LogP) is 6.26. The Bertz CT molecular complexity index is 1150. The summed E-state index contributed by atoms with van der Waals surface area (Å²) in [6.07, 6.45) is 2.55. The molecule has 0 saturated carbocycles. The molecule has 1 aromatic rings. The molecule has 1 unspecified atom stereocenters. The van der Waals surface area contributed by atoms with Crippen LogP contribution in [0, 0.1) is 5.41 Å². The number of hydrogen-bond acceptors (Lipinski definition) is 6. The minimum absolute atomic E-state index is 0.259. The van der Waals surface area contributed by atoms with E-state index in [-0.39, 0.29) is 18.6 Å². The minimum atomic E-state index is -1.01. The number of carbonyl (C=O) groups is 4. The quantitative estimate of drug-likeness (QED) is 0.208. The second kappa shape index (κ2) is 16.1. The number of esters is 1. The molecule has 9 nitrogen and oxygen atoms in total. The second-order valence-electron chi connectivity index (χ2n) is 13.9. The first-order chi connectivity index (χ1) is 20.2. The maximum Gasteiger partial charge on any atom is 0.410 e. The normalized spacial score (nSPS) is 14.6. The van der Waals surface area contributed by atoms with E-state index in [1.165, 1.54) is 4.90 Å². The maximum absolute atomic E-state index is 14.4. The molecule has 0 heterocycles. The van der Waals surface area contributed by atoms with E-state index in [0.717, 1.165) is 12.0 Å². The number of benzene rings is 1. The van der Waals surface area contributed by atoms with Gasteiger partial charge in [0.25, 0.3) is 0 Å². The van der Waals surface area contributed by atoms with Gasteiger partial charge in [-0.15, -0.1) is 0 Å². The Hall–Kier alpha value is -3.36. The molecule has 0 aliphatic carbocycles. The van der Waals surface area contributed by atoms with Gasteiger partial charge in [-0.3, -0.25) is 14.5 Å². The zero-order chi connectivity index (χ0) is 34.0. The van der Waals surface area contributed by atoms with Gasteiger partial charge in [0.15, 0.2) is 0 Å². The summed E-state index contributed by atoms with van der Waals surface area (Å²) in [6, 6.07) is 7.20. The van der Waals surface area contributed by atoms with Crippen LogP contribution in [0.3, 0.4) is 0 Å². The summed E-state index contributed by atoms with van der Waals surface area (Å²) in [6.45, 7) is 22.8. The number of likely N-dealkylation sites (N-methyl/N-ethyl adjacent to an activating group) is 2. The smallest absolute Gasteiger partial charge is 0.410 e. The molecule has 0 fully saturated rings. The third-order valence-electron chi connectivity index (χ3n) is 7.57. The summed E-state index contributed by atoms with van der Waals surface area (Å²) < 4.78 is 10.8. The van der Waals surface area contributed by atoms with Gasteiger partial charge in [-0.1, -0.05) is 84.4 Å². The lowest BCUT2D eigenvalue weighted by molar-refractivity contribution is -0.142. The second-order valence-corrected chi connectivity index (χ2v) is 13.9. The highest BCUT2D eigenvalue weighted by Crippen LogP contribution is 2.32. The molecule has 0 bridgehead atoms. The monoisotopic (exact) mass is 615 g/mol. The standard InChI is InChI=1S/C35H57N3O6/c1-14-20-26(23-24(4)31(41)43-16-3)38(15-2)30(40)27(33(5,6)7)36-29(39)28(37(13)32(42)44-34(8,9)10)35(11,12)25-21-18-17-19-22-25/h17-19,21-23,26-28H,14-16,20H2,1-13H3,(H,36,39)/t26-,27+,28?/m0/s1. The highest BCUT2D eigenvalue weighted by Gasteiger charge is 2.46. The Balaban J connectivity index is 3.63. The van der Waals surface area contributed by atoms with Crippen LogP contribution in [-0.4, -0.2) is 77.6 Å². The molecule has 0 saturated heterocycles. The van der Waals surface area contributed by atoms with E-state index >= 15 is 0 Å². The van der Waals surface area contributed by atoms with Gasteiger partial charge in [-0.25, -0.2) is 9.59 Å². The lowest BCUT2D eigenvalue weighted by Gasteiger charge is -2.42. The van der Waals surface area contributed by atoms with Gasteiger partial charge < -0.3 is 19.7 Å². The van der Waals surface area contributed by atoms with Crippen molar-refractivity contribution in [3.63, 3.8) is 0 Å². The van der Waals surface area contributed by atoms with Crippen LogP contribution in [0.2, 0.25) is 0 Å². The summed E-state index contributed by atoms with van der Waals surface area (Å²) in [7, 11) is 1.55. The van der Waals surface area contributed by atoms with E-state index in [9.17, 15) is 19.2 Å². The molecule has 1 aromatic carbocycles. The van der Waals surface area contributed by atoms with Crippen molar-refractivity contribution in [2.75, 3.05) is 20.2 Å². The fourth-order valence-electron chi connectivity index (χ4n) is 5.27. The van der Waals surface area contributed by atoms with Gasteiger partial charge in [0.1, 0.15) is 17.7 Å². The molecule has 0 aliphatic rings. The molecule has 0 aliphatic heterocycles. The summed E-state index contributed by atoms with van der Waals surface area (Å²) >= 11 is 0. The number of hydrogen-bond donors (Lipinski definition) is 1. The van der Waals surface area contributed by atoms with E-state index < -0.39 is 46.5 Å². The first kappa shape index (κ1) is 38.7.